The van der Waals surface area contributed by atoms with Crippen molar-refractivity contribution in [2.24, 2.45) is 0 Å². The minimum atomic E-state index is 0.0392. The number of carbonyl (C=O) groups is 1. The van der Waals surface area contributed by atoms with Crippen LogP contribution in [0.15, 0.2) is 36.4 Å². The van der Waals surface area contributed by atoms with E-state index in [1.165, 1.54) is 11.1 Å². The van der Waals surface area contributed by atoms with Crippen molar-refractivity contribution in [2.45, 2.75) is 46.3 Å². The van der Waals surface area contributed by atoms with E-state index in [1.54, 1.807) is 0 Å². The van der Waals surface area contributed by atoms with Gasteiger partial charge in [0, 0.05) is 31.6 Å². The van der Waals surface area contributed by atoms with Gasteiger partial charge in [-0.25, -0.2) is 0 Å². The van der Waals surface area contributed by atoms with E-state index in [-0.39, 0.29) is 12.0 Å². The molecule has 0 bridgehead atoms. The Bertz CT molecular complexity index is 770. The van der Waals surface area contributed by atoms with Crippen molar-refractivity contribution in [3.05, 3.63) is 58.7 Å². The van der Waals surface area contributed by atoms with Crippen molar-refractivity contribution in [1.29, 1.82) is 0 Å². The second-order valence-electron chi connectivity index (χ2n) is 6.87. The topological polar surface area (TPSA) is 50.4 Å². The summed E-state index contributed by atoms with van der Waals surface area (Å²) in [6.45, 7) is 7.54. The highest BCUT2D eigenvalue weighted by molar-refractivity contribution is 5.91. The van der Waals surface area contributed by atoms with Crippen molar-refractivity contribution < 1.29 is 9.53 Å². The molecule has 0 radical (unpaired) electrons. The van der Waals surface area contributed by atoms with Crippen LogP contribution in [0.2, 0.25) is 0 Å². The minimum absolute atomic E-state index is 0.0392. The van der Waals surface area contributed by atoms with Gasteiger partial charge in [-0.15, -0.1) is 0 Å². The first-order chi connectivity index (χ1) is 12.0. The van der Waals surface area contributed by atoms with Crippen LogP contribution in [0, 0.1) is 13.8 Å². The number of amides is 1. The Morgan fingerprint density at radius 2 is 2.04 bits per heavy atom. The van der Waals surface area contributed by atoms with Gasteiger partial charge in [-0.05, 0) is 55.2 Å². The molecule has 1 atom stereocenters. The van der Waals surface area contributed by atoms with Gasteiger partial charge in [0.25, 0.3) is 0 Å². The smallest absolute Gasteiger partial charge is 0.225 e. The first-order valence-electron chi connectivity index (χ1n) is 8.87. The highest BCUT2D eigenvalue weighted by Crippen LogP contribution is 2.29. The minimum Gasteiger partial charge on any atom is -0.490 e. The summed E-state index contributed by atoms with van der Waals surface area (Å²) in [6, 6.07) is 12.4. The van der Waals surface area contributed by atoms with E-state index in [0.29, 0.717) is 13.0 Å². The zero-order chi connectivity index (χ0) is 17.8. The van der Waals surface area contributed by atoms with Gasteiger partial charge in [0.05, 0.1) is 0 Å². The number of fused-ring (bicyclic) bond motifs is 1. The zero-order valence-corrected chi connectivity index (χ0v) is 15.2. The van der Waals surface area contributed by atoms with Gasteiger partial charge in [-0.1, -0.05) is 24.3 Å². The molecule has 0 saturated carbocycles. The van der Waals surface area contributed by atoms with Gasteiger partial charge >= 0.3 is 0 Å². The standard InChI is InChI=1S/C21H26N2O2/c1-14-4-5-15(2)19(10-14)23-21(24)8-9-22-13-17-6-7-20-18(12-17)11-16(3)25-20/h4-7,10,12,16,22H,8-9,11,13H2,1-3H3,(H,23,24). The van der Waals surface area contributed by atoms with Crippen molar-refractivity contribution in [3.8, 4) is 5.75 Å². The van der Waals surface area contributed by atoms with Crippen molar-refractivity contribution >= 4 is 11.6 Å². The molecule has 2 aromatic carbocycles. The maximum atomic E-state index is 12.1. The maximum Gasteiger partial charge on any atom is 0.225 e. The number of anilines is 1. The van der Waals surface area contributed by atoms with E-state index >= 15 is 0 Å². The van der Waals surface area contributed by atoms with E-state index in [0.717, 1.165) is 35.5 Å². The van der Waals surface area contributed by atoms with E-state index < -0.39 is 0 Å². The number of benzene rings is 2. The highest BCUT2D eigenvalue weighted by Gasteiger charge is 2.18. The molecule has 3 rings (SSSR count). The molecular weight excluding hydrogens is 312 g/mol. The number of rotatable bonds is 6. The fraction of sp³-hybridized carbons (Fsp3) is 0.381. The van der Waals surface area contributed by atoms with Gasteiger partial charge in [0.15, 0.2) is 0 Å². The molecule has 0 aliphatic carbocycles. The molecular formula is C21H26N2O2. The van der Waals surface area contributed by atoms with Gasteiger partial charge in [0.1, 0.15) is 11.9 Å². The molecule has 4 heteroatoms. The van der Waals surface area contributed by atoms with Crippen LogP contribution >= 0.6 is 0 Å². The van der Waals surface area contributed by atoms with Crippen LogP contribution in [0.5, 0.6) is 5.75 Å². The molecule has 132 valence electrons. The maximum absolute atomic E-state index is 12.1. The normalized spacial score (nSPS) is 15.6. The lowest BCUT2D eigenvalue weighted by Crippen LogP contribution is -2.21. The highest BCUT2D eigenvalue weighted by atomic mass is 16.5. The second-order valence-corrected chi connectivity index (χ2v) is 6.87. The molecule has 1 amide bonds. The average molecular weight is 338 g/mol. The summed E-state index contributed by atoms with van der Waals surface area (Å²) in [5.41, 5.74) is 5.64. The molecule has 0 spiro atoms. The molecule has 1 unspecified atom stereocenters. The Morgan fingerprint density at radius 3 is 2.88 bits per heavy atom. The lowest BCUT2D eigenvalue weighted by Gasteiger charge is -2.10. The summed E-state index contributed by atoms with van der Waals surface area (Å²) in [5.74, 6) is 1.04. The molecule has 1 heterocycles. The second kappa shape index (κ2) is 7.70. The fourth-order valence-corrected chi connectivity index (χ4v) is 3.10. The summed E-state index contributed by atoms with van der Waals surface area (Å²) in [5, 5.41) is 6.34. The third kappa shape index (κ3) is 4.60. The van der Waals surface area contributed by atoms with Crippen molar-refractivity contribution in [1.82, 2.24) is 5.32 Å². The van der Waals surface area contributed by atoms with Crippen molar-refractivity contribution in [2.75, 3.05) is 11.9 Å². The number of ether oxygens (including phenoxy) is 1. The van der Waals surface area contributed by atoms with E-state index in [4.69, 9.17) is 4.74 Å². The number of aryl methyl sites for hydroxylation is 2. The quantitative estimate of drug-likeness (QED) is 0.789. The predicted octanol–water partition coefficient (Wildman–Crippen LogP) is 3.75. The summed E-state index contributed by atoms with van der Waals surface area (Å²) < 4.78 is 5.72. The van der Waals surface area contributed by atoms with Crippen LogP contribution in [0.1, 0.15) is 35.6 Å². The van der Waals surface area contributed by atoms with E-state index in [2.05, 4.69) is 35.8 Å². The van der Waals surface area contributed by atoms with E-state index in [9.17, 15) is 4.79 Å². The van der Waals surface area contributed by atoms with Crippen LogP contribution in [0.3, 0.4) is 0 Å². The van der Waals surface area contributed by atoms with Crippen LogP contribution in [0.25, 0.3) is 0 Å². The Morgan fingerprint density at radius 1 is 1.20 bits per heavy atom. The summed E-state index contributed by atoms with van der Waals surface area (Å²) in [4.78, 5) is 12.1. The van der Waals surface area contributed by atoms with Gasteiger partial charge in [-0.3, -0.25) is 4.79 Å². The first kappa shape index (κ1) is 17.5. The molecule has 1 aliphatic rings. The molecule has 2 N–H and O–H groups in total. The van der Waals surface area contributed by atoms with Crippen LogP contribution in [-0.2, 0) is 17.8 Å². The Kier molecular flexibility index (Phi) is 5.39. The Hall–Kier alpha value is -2.33. The number of hydrogen-bond donors (Lipinski definition) is 2. The Balaban J connectivity index is 1.43. The van der Waals surface area contributed by atoms with Gasteiger partial charge in [-0.2, -0.15) is 0 Å². The summed E-state index contributed by atoms with van der Waals surface area (Å²) >= 11 is 0. The van der Waals surface area contributed by atoms with Gasteiger partial charge in [0.2, 0.25) is 5.91 Å². The third-order valence-corrected chi connectivity index (χ3v) is 4.49. The van der Waals surface area contributed by atoms with Crippen molar-refractivity contribution in [3.63, 3.8) is 0 Å². The zero-order valence-electron chi connectivity index (χ0n) is 15.2. The Labute approximate surface area is 149 Å². The molecule has 2 aromatic rings. The number of nitrogens with one attached hydrogen (secondary N) is 2. The fourth-order valence-electron chi connectivity index (χ4n) is 3.10. The van der Waals surface area contributed by atoms with Crippen LogP contribution < -0.4 is 15.4 Å². The molecule has 1 aliphatic heterocycles. The molecule has 0 aromatic heterocycles. The van der Waals surface area contributed by atoms with E-state index in [1.807, 2.05) is 32.0 Å². The summed E-state index contributed by atoms with van der Waals surface area (Å²) in [7, 11) is 0. The number of carbonyl (C=O) groups excluding carboxylic acids is 1. The predicted molar refractivity (Wildman–Crippen MR) is 101 cm³/mol. The molecule has 0 saturated heterocycles. The molecule has 4 nitrogen and oxygen atoms in total. The lowest BCUT2D eigenvalue weighted by atomic mass is 10.1. The van der Waals surface area contributed by atoms with Crippen LogP contribution in [0.4, 0.5) is 5.69 Å². The monoisotopic (exact) mass is 338 g/mol. The average Bonchev–Trinajstić information content (AvgIpc) is 2.94. The van der Waals surface area contributed by atoms with Gasteiger partial charge < -0.3 is 15.4 Å². The summed E-state index contributed by atoms with van der Waals surface area (Å²) in [6.07, 6.45) is 1.70. The largest absolute Gasteiger partial charge is 0.490 e. The SMILES string of the molecule is Cc1ccc(C)c(NC(=O)CCNCc2ccc3c(c2)CC(C)O3)c1. The number of hydrogen-bond acceptors (Lipinski definition) is 3. The third-order valence-electron chi connectivity index (χ3n) is 4.49. The molecule has 0 fully saturated rings. The molecule has 25 heavy (non-hydrogen) atoms. The van der Waals surface area contributed by atoms with Crippen LogP contribution in [-0.4, -0.2) is 18.6 Å². The lowest BCUT2D eigenvalue weighted by molar-refractivity contribution is -0.116. The first-order valence-corrected chi connectivity index (χ1v) is 8.87.